The van der Waals surface area contributed by atoms with Gasteiger partial charge in [0.1, 0.15) is 0 Å². The van der Waals surface area contributed by atoms with Gasteiger partial charge in [0, 0.05) is 6.54 Å². The molecule has 0 atom stereocenters. The van der Waals surface area contributed by atoms with Crippen molar-refractivity contribution in [2.75, 3.05) is 20.8 Å². The zero-order valence-corrected chi connectivity index (χ0v) is 15.2. The van der Waals surface area contributed by atoms with Gasteiger partial charge >= 0.3 is 5.97 Å². The van der Waals surface area contributed by atoms with Gasteiger partial charge in [-0.25, -0.2) is 0 Å². The zero-order chi connectivity index (χ0) is 18.9. The summed E-state index contributed by atoms with van der Waals surface area (Å²) in [6.07, 6.45) is 0.0472. The lowest BCUT2D eigenvalue weighted by Gasteiger charge is -2.10. The number of ether oxygens (including phenoxy) is 3. The minimum Gasteiger partial charge on any atom is -0.493 e. The molecule has 0 unspecified atom stereocenters. The second-order valence-electron chi connectivity index (χ2n) is 5.79. The molecule has 1 amide bonds. The van der Waals surface area contributed by atoms with Gasteiger partial charge in [0.2, 0.25) is 0 Å². The summed E-state index contributed by atoms with van der Waals surface area (Å²) in [5.41, 5.74) is 2.86. The first-order valence-electron chi connectivity index (χ1n) is 8.20. The molecule has 2 aromatic rings. The van der Waals surface area contributed by atoms with E-state index in [9.17, 15) is 9.59 Å². The van der Waals surface area contributed by atoms with Crippen LogP contribution in [0.4, 0.5) is 0 Å². The fourth-order valence-corrected chi connectivity index (χ4v) is 2.31. The maximum atomic E-state index is 11.9. The quantitative estimate of drug-likeness (QED) is 0.735. The molecule has 0 saturated heterocycles. The Morgan fingerprint density at radius 1 is 0.923 bits per heavy atom. The number of carbonyl (C=O) groups excluding carboxylic acids is 2. The Morgan fingerprint density at radius 3 is 2.23 bits per heavy atom. The lowest BCUT2D eigenvalue weighted by atomic mass is 10.1. The van der Waals surface area contributed by atoms with Gasteiger partial charge in [-0.2, -0.15) is 0 Å². The topological polar surface area (TPSA) is 73.9 Å². The van der Waals surface area contributed by atoms with Crippen molar-refractivity contribution in [3.05, 3.63) is 59.2 Å². The van der Waals surface area contributed by atoms with Crippen molar-refractivity contribution < 1.29 is 23.8 Å². The summed E-state index contributed by atoms with van der Waals surface area (Å²) >= 11 is 0. The summed E-state index contributed by atoms with van der Waals surface area (Å²) in [5, 5.41) is 2.72. The third-order valence-corrected chi connectivity index (χ3v) is 3.77. The number of benzene rings is 2. The summed E-state index contributed by atoms with van der Waals surface area (Å²) in [5.74, 6) is 0.294. The first-order chi connectivity index (χ1) is 12.5. The molecule has 1 N–H and O–H groups in total. The number of esters is 1. The Labute approximate surface area is 153 Å². The molecule has 6 heteroatoms. The lowest BCUT2D eigenvalue weighted by Crippen LogP contribution is -2.28. The fourth-order valence-electron chi connectivity index (χ4n) is 2.31. The molecule has 0 bridgehead atoms. The molecular weight excluding hydrogens is 334 g/mol. The van der Waals surface area contributed by atoms with E-state index in [1.165, 1.54) is 7.11 Å². The number of aryl methyl sites for hydroxylation is 1. The third kappa shape index (κ3) is 5.81. The van der Waals surface area contributed by atoms with Crippen LogP contribution in [0.2, 0.25) is 0 Å². The lowest BCUT2D eigenvalue weighted by molar-refractivity contribution is -0.147. The second kappa shape index (κ2) is 9.46. The molecule has 0 aliphatic heterocycles. The van der Waals surface area contributed by atoms with Crippen LogP contribution < -0.4 is 14.8 Å². The van der Waals surface area contributed by atoms with E-state index in [1.807, 2.05) is 31.2 Å². The van der Waals surface area contributed by atoms with Crippen LogP contribution in [0.5, 0.6) is 11.5 Å². The molecule has 6 nitrogen and oxygen atoms in total. The first-order valence-corrected chi connectivity index (χ1v) is 8.20. The molecule has 26 heavy (non-hydrogen) atoms. The highest BCUT2D eigenvalue weighted by Crippen LogP contribution is 2.27. The SMILES string of the molecule is COc1ccc(CC(=O)OCC(=O)NCc2ccc(C)cc2)cc1OC. The number of carbonyl (C=O) groups is 2. The van der Waals surface area contributed by atoms with Crippen LogP contribution in [0.15, 0.2) is 42.5 Å². The van der Waals surface area contributed by atoms with Gasteiger partial charge in [-0.1, -0.05) is 35.9 Å². The second-order valence-corrected chi connectivity index (χ2v) is 5.79. The molecule has 0 saturated carbocycles. The summed E-state index contributed by atoms with van der Waals surface area (Å²) in [4.78, 5) is 23.7. The molecule has 2 rings (SSSR count). The Bertz CT molecular complexity index is 755. The standard InChI is InChI=1S/C20H23NO5/c1-14-4-6-15(7-5-14)12-21-19(22)13-26-20(23)11-16-8-9-17(24-2)18(10-16)25-3/h4-10H,11-13H2,1-3H3,(H,21,22). The Hall–Kier alpha value is -3.02. The van der Waals surface area contributed by atoms with Gasteiger partial charge < -0.3 is 19.5 Å². The first kappa shape index (κ1) is 19.3. The molecule has 0 spiro atoms. The summed E-state index contributed by atoms with van der Waals surface area (Å²) in [6.45, 7) is 2.09. The highest BCUT2D eigenvalue weighted by atomic mass is 16.5. The minimum atomic E-state index is -0.484. The number of methoxy groups -OCH3 is 2. The predicted molar refractivity (Wildman–Crippen MR) is 97.2 cm³/mol. The van der Waals surface area contributed by atoms with E-state index in [4.69, 9.17) is 14.2 Å². The molecule has 2 aromatic carbocycles. The van der Waals surface area contributed by atoms with E-state index in [1.54, 1.807) is 25.3 Å². The molecule has 0 aliphatic rings. The molecule has 0 fully saturated rings. The summed E-state index contributed by atoms with van der Waals surface area (Å²) in [6, 6.07) is 13.0. The minimum absolute atomic E-state index is 0.0472. The zero-order valence-electron chi connectivity index (χ0n) is 15.2. The van der Waals surface area contributed by atoms with Crippen molar-refractivity contribution in [2.24, 2.45) is 0 Å². The molecule has 0 aromatic heterocycles. The van der Waals surface area contributed by atoms with Crippen molar-refractivity contribution in [2.45, 2.75) is 19.9 Å². The predicted octanol–water partition coefficient (Wildman–Crippen LogP) is 2.41. The Morgan fingerprint density at radius 2 is 1.58 bits per heavy atom. The average Bonchev–Trinajstić information content (AvgIpc) is 2.65. The van der Waals surface area contributed by atoms with Gasteiger partial charge in [-0.15, -0.1) is 0 Å². The van der Waals surface area contributed by atoms with E-state index < -0.39 is 5.97 Å². The third-order valence-electron chi connectivity index (χ3n) is 3.77. The van der Waals surface area contributed by atoms with Crippen LogP contribution in [0.1, 0.15) is 16.7 Å². The highest BCUT2D eigenvalue weighted by Gasteiger charge is 2.11. The van der Waals surface area contributed by atoms with Crippen molar-refractivity contribution in [3.63, 3.8) is 0 Å². The molecule has 138 valence electrons. The Balaban J connectivity index is 1.77. The smallest absolute Gasteiger partial charge is 0.310 e. The van der Waals surface area contributed by atoms with Crippen LogP contribution in [0.3, 0.4) is 0 Å². The van der Waals surface area contributed by atoms with Crippen LogP contribution in [-0.2, 0) is 27.3 Å². The van der Waals surface area contributed by atoms with Crippen molar-refractivity contribution >= 4 is 11.9 Å². The maximum absolute atomic E-state index is 11.9. The monoisotopic (exact) mass is 357 g/mol. The van der Waals surface area contributed by atoms with E-state index >= 15 is 0 Å². The largest absolute Gasteiger partial charge is 0.493 e. The van der Waals surface area contributed by atoms with Crippen LogP contribution in [0.25, 0.3) is 0 Å². The van der Waals surface area contributed by atoms with Crippen molar-refractivity contribution in [3.8, 4) is 11.5 Å². The average molecular weight is 357 g/mol. The van der Waals surface area contributed by atoms with Crippen LogP contribution in [0, 0.1) is 6.92 Å². The van der Waals surface area contributed by atoms with E-state index in [0.29, 0.717) is 23.6 Å². The van der Waals surface area contributed by atoms with Gasteiger partial charge in [0.25, 0.3) is 5.91 Å². The van der Waals surface area contributed by atoms with Crippen molar-refractivity contribution in [1.82, 2.24) is 5.32 Å². The number of nitrogens with one attached hydrogen (secondary N) is 1. The number of amides is 1. The van der Waals surface area contributed by atoms with Gasteiger partial charge in [0.15, 0.2) is 18.1 Å². The van der Waals surface area contributed by atoms with Crippen LogP contribution in [-0.4, -0.2) is 32.7 Å². The summed E-state index contributed by atoms with van der Waals surface area (Å²) in [7, 11) is 3.07. The van der Waals surface area contributed by atoms with Gasteiger partial charge in [-0.05, 0) is 30.2 Å². The van der Waals surface area contributed by atoms with E-state index in [2.05, 4.69) is 5.32 Å². The normalized spacial score (nSPS) is 10.1. The molecular formula is C20H23NO5. The van der Waals surface area contributed by atoms with E-state index in [-0.39, 0.29) is 18.9 Å². The Kier molecular flexibility index (Phi) is 7.02. The number of rotatable bonds is 8. The maximum Gasteiger partial charge on any atom is 0.310 e. The van der Waals surface area contributed by atoms with Crippen molar-refractivity contribution in [1.29, 1.82) is 0 Å². The molecule has 0 aliphatic carbocycles. The molecule has 0 radical (unpaired) electrons. The number of hydrogen-bond acceptors (Lipinski definition) is 5. The number of hydrogen-bond donors (Lipinski definition) is 1. The summed E-state index contributed by atoms with van der Waals surface area (Å²) < 4.78 is 15.4. The van der Waals surface area contributed by atoms with Gasteiger partial charge in [-0.3, -0.25) is 9.59 Å². The highest BCUT2D eigenvalue weighted by molar-refractivity contribution is 5.81. The van der Waals surface area contributed by atoms with Gasteiger partial charge in [0.05, 0.1) is 20.6 Å². The fraction of sp³-hybridized carbons (Fsp3) is 0.300. The molecule has 0 heterocycles. The van der Waals surface area contributed by atoms with Crippen LogP contribution >= 0.6 is 0 Å². The van der Waals surface area contributed by atoms with E-state index in [0.717, 1.165) is 11.1 Å².